The summed E-state index contributed by atoms with van der Waals surface area (Å²) in [6.45, 7) is 2.31. The first-order chi connectivity index (χ1) is 4.93. The van der Waals surface area contributed by atoms with E-state index in [4.69, 9.17) is 0 Å². The van der Waals surface area contributed by atoms with E-state index in [9.17, 15) is 0 Å². The Labute approximate surface area is 66.6 Å². The van der Waals surface area contributed by atoms with Crippen LogP contribution in [0.25, 0.3) is 0 Å². The molecule has 0 saturated heterocycles. The Balaban J connectivity index is 2.16. The standard InChI is InChI=1S/C9H18P/c1-10-9-7-5-3-2-4-6-8-9/h9H,2-8H2,1H3. The maximum atomic E-state index is 2.31. The fourth-order valence-corrected chi connectivity index (χ4v) is 2.57. The molecule has 10 heavy (non-hydrogen) atoms. The third-order valence-corrected chi connectivity index (χ3v) is 3.69. The van der Waals surface area contributed by atoms with Gasteiger partial charge in [0.05, 0.1) is 0 Å². The Hall–Kier alpha value is 0.430. The van der Waals surface area contributed by atoms with E-state index in [0.29, 0.717) is 0 Å². The van der Waals surface area contributed by atoms with Gasteiger partial charge in [-0.2, -0.15) is 0 Å². The summed E-state index contributed by atoms with van der Waals surface area (Å²) in [7, 11) is 1.63. The van der Waals surface area contributed by atoms with Crippen molar-refractivity contribution in [3.8, 4) is 0 Å². The average molecular weight is 157 g/mol. The fourth-order valence-electron chi connectivity index (χ4n) is 1.69. The minimum Gasteiger partial charge on any atom is -0.0810 e. The van der Waals surface area contributed by atoms with Crippen LogP contribution >= 0.6 is 8.58 Å². The van der Waals surface area contributed by atoms with Crippen LogP contribution in [-0.4, -0.2) is 12.3 Å². The minimum atomic E-state index is 1.04. The lowest BCUT2D eigenvalue weighted by molar-refractivity contribution is 0.511. The van der Waals surface area contributed by atoms with Crippen LogP contribution in [0, 0.1) is 0 Å². The summed E-state index contributed by atoms with van der Waals surface area (Å²) in [5, 5.41) is 0. The normalized spacial score (nSPS) is 24.9. The molecule has 59 valence electrons. The molecule has 1 aliphatic rings. The molecule has 0 aromatic rings. The van der Waals surface area contributed by atoms with Crippen molar-refractivity contribution in [3.05, 3.63) is 0 Å². The lowest BCUT2D eigenvalue weighted by Crippen LogP contribution is -2.02. The monoisotopic (exact) mass is 157 g/mol. The van der Waals surface area contributed by atoms with Crippen molar-refractivity contribution in [1.82, 2.24) is 0 Å². The predicted octanol–water partition coefficient (Wildman–Crippen LogP) is 3.68. The first-order valence-corrected chi connectivity index (χ1v) is 5.93. The van der Waals surface area contributed by atoms with Gasteiger partial charge in [0.25, 0.3) is 0 Å². The first-order valence-electron chi connectivity index (χ1n) is 4.52. The predicted molar refractivity (Wildman–Crippen MR) is 49.0 cm³/mol. The van der Waals surface area contributed by atoms with E-state index < -0.39 is 0 Å². The van der Waals surface area contributed by atoms with Gasteiger partial charge >= 0.3 is 0 Å². The third-order valence-electron chi connectivity index (χ3n) is 2.44. The van der Waals surface area contributed by atoms with Gasteiger partial charge < -0.3 is 0 Å². The summed E-state index contributed by atoms with van der Waals surface area (Å²) in [5.41, 5.74) is 1.04. The molecular weight excluding hydrogens is 139 g/mol. The molecule has 0 unspecified atom stereocenters. The van der Waals surface area contributed by atoms with Crippen LogP contribution in [0.2, 0.25) is 0 Å². The van der Waals surface area contributed by atoms with Crippen LogP contribution in [-0.2, 0) is 0 Å². The van der Waals surface area contributed by atoms with Gasteiger partial charge in [0, 0.05) is 0 Å². The lowest BCUT2D eigenvalue weighted by Gasteiger charge is -2.16. The van der Waals surface area contributed by atoms with Gasteiger partial charge in [-0.25, -0.2) is 0 Å². The van der Waals surface area contributed by atoms with E-state index in [1.54, 1.807) is 8.58 Å². The van der Waals surface area contributed by atoms with Gasteiger partial charge in [-0.15, -0.1) is 0 Å². The van der Waals surface area contributed by atoms with Gasteiger partial charge in [0.15, 0.2) is 0 Å². The minimum absolute atomic E-state index is 1.04. The lowest BCUT2D eigenvalue weighted by atomic mass is 10.0. The zero-order chi connectivity index (χ0) is 7.23. The van der Waals surface area contributed by atoms with Gasteiger partial charge in [-0.05, 0) is 25.2 Å². The molecule has 0 amide bonds. The molecule has 1 fully saturated rings. The smallest absolute Gasteiger partial charge is 0.0173 e. The summed E-state index contributed by atoms with van der Waals surface area (Å²) in [6.07, 6.45) is 10.5. The molecule has 1 radical (unpaired) electrons. The van der Waals surface area contributed by atoms with Crippen LogP contribution < -0.4 is 0 Å². The van der Waals surface area contributed by atoms with Gasteiger partial charge in [0.2, 0.25) is 0 Å². The Morgan fingerprint density at radius 3 is 1.90 bits per heavy atom. The number of hydrogen-bond acceptors (Lipinski definition) is 0. The van der Waals surface area contributed by atoms with Crippen molar-refractivity contribution < 1.29 is 0 Å². The molecule has 0 N–H and O–H groups in total. The summed E-state index contributed by atoms with van der Waals surface area (Å²) < 4.78 is 0. The second-order valence-corrected chi connectivity index (χ2v) is 4.50. The second kappa shape index (κ2) is 5.13. The van der Waals surface area contributed by atoms with Crippen LogP contribution in [0.1, 0.15) is 44.9 Å². The van der Waals surface area contributed by atoms with Gasteiger partial charge in [0.1, 0.15) is 0 Å². The number of rotatable bonds is 1. The highest BCUT2D eigenvalue weighted by molar-refractivity contribution is 7.37. The third kappa shape index (κ3) is 3.01. The zero-order valence-corrected chi connectivity index (χ0v) is 7.87. The maximum Gasteiger partial charge on any atom is -0.0173 e. The molecule has 1 aliphatic carbocycles. The van der Waals surface area contributed by atoms with Crippen LogP contribution in [0.15, 0.2) is 0 Å². The molecule has 1 rings (SSSR count). The van der Waals surface area contributed by atoms with Crippen molar-refractivity contribution in [2.24, 2.45) is 0 Å². The highest BCUT2D eigenvalue weighted by Gasteiger charge is 2.08. The van der Waals surface area contributed by atoms with Crippen LogP contribution in [0.4, 0.5) is 0 Å². The molecule has 0 aromatic carbocycles. The Morgan fingerprint density at radius 1 is 0.900 bits per heavy atom. The molecule has 0 heterocycles. The Bertz CT molecular complexity index is 72.8. The SMILES string of the molecule is C[P]C1CCCCCCC1. The molecule has 0 spiro atoms. The molecule has 0 atom stereocenters. The molecule has 0 aromatic heterocycles. The van der Waals surface area contributed by atoms with E-state index in [-0.39, 0.29) is 0 Å². The van der Waals surface area contributed by atoms with Gasteiger partial charge in [-0.1, -0.05) is 40.7 Å². The Morgan fingerprint density at radius 2 is 1.40 bits per heavy atom. The first kappa shape index (κ1) is 8.53. The Kier molecular flexibility index (Phi) is 4.37. The van der Waals surface area contributed by atoms with E-state index in [1.807, 2.05) is 0 Å². The molecule has 1 saturated carbocycles. The van der Waals surface area contributed by atoms with Gasteiger partial charge in [-0.3, -0.25) is 0 Å². The topological polar surface area (TPSA) is 0 Å². The van der Waals surface area contributed by atoms with E-state index >= 15 is 0 Å². The second-order valence-electron chi connectivity index (χ2n) is 3.26. The average Bonchev–Trinajstić information content (AvgIpc) is 1.87. The summed E-state index contributed by atoms with van der Waals surface area (Å²) in [6, 6.07) is 0. The summed E-state index contributed by atoms with van der Waals surface area (Å²) >= 11 is 0. The van der Waals surface area contributed by atoms with Crippen molar-refractivity contribution >= 4 is 8.58 Å². The van der Waals surface area contributed by atoms with Crippen molar-refractivity contribution in [2.45, 2.75) is 50.6 Å². The molecule has 0 bridgehead atoms. The largest absolute Gasteiger partial charge is 0.0810 e. The summed E-state index contributed by atoms with van der Waals surface area (Å²) in [4.78, 5) is 0. The molecule has 1 heteroatoms. The number of hydrogen-bond donors (Lipinski definition) is 0. The van der Waals surface area contributed by atoms with Crippen molar-refractivity contribution in [2.75, 3.05) is 6.66 Å². The van der Waals surface area contributed by atoms with E-state index in [0.717, 1.165) is 5.66 Å². The van der Waals surface area contributed by atoms with E-state index in [1.165, 1.54) is 44.9 Å². The fraction of sp³-hybridized carbons (Fsp3) is 1.00. The molecule has 0 aliphatic heterocycles. The van der Waals surface area contributed by atoms with E-state index in [2.05, 4.69) is 6.66 Å². The quantitative estimate of drug-likeness (QED) is 0.509. The van der Waals surface area contributed by atoms with Crippen molar-refractivity contribution in [3.63, 3.8) is 0 Å². The summed E-state index contributed by atoms with van der Waals surface area (Å²) in [5.74, 6) is 0. The van der Waals surface area contributed by atoms with Crippen molar-refractivity contribution in [1.29, 1.82) is 0 Å². The highest BCUT2D eigenvalue weighted by Crippen LogP contribution is 2.28. The van der Waals surface area contributed by atoms with Crippen LogP contribution in [0.3, 0.4) is 0 Å². The molecular formula is C9H18P. The molecule has 0 nitrogen and oxygen atoms in total. The van der Waals surface area contributed by atoms with Crippen LogP contribution in [0.5, 0.6) is 0 Å². The highest BCUT2D eigenvalue weighted by atomic mass is 31.1. The maximum absolute atomic E-state index is 2.31. The zero-order valence-electron chi connectivity index (χ0n) is 6.97.